The maximum Gasteiger partial charge on any atom is 0.341 e. The Labute approximate surface area is 199 Å². The second kappa shape index (κ2) is 10.2. The average Bonchev–Trinajstić information content (AvgIpc) is 2.77. The smallest absolute Gasteiger partial charge is 0.341 e. The molecule has 1 N–H and O–H groups in total. The molecule has 0 aliphatic heterocycles. The number of carboxylic acid groups (broad SMARTS) is 1. The van der Waals surface area contributed by atoms with E-state index in [4.69, 9.17) is 9.84 Å². The highest BCUT2D eigenvalue weighted by molar-refractivity contribution is 7.89. The summed E-state index contributed by atoms with van der Waals surface area (Å²) in [5.41, 5.74) is 2.50. The van der Waals surface area contributed by atoms with Gasteiger partial charge in [-0.25, -0.2) is 13.2 Å². The van der Waals surface area contributed by atoms with E-state index in [-0.39, 0.29) is 23.4 Å². The second-order valence-electron chi connectivity index (χ2n) is 8.95. The van der Waals surface area contributed by atoms with E-state index in [0.717, 1.165) is 17.3 Å². The maximum absolute atomic E-state index is 13.5. The summed E-state index contributed by atoms with van der Waals surface area (Å²) in [6.45, 7) is 5.89. The fourth-order valence-corrected chi connectivity index (χ4v) is 4.78. The van der Waals surface area contributed by atoms with Crippen LogP contribution in [-0.4, -0.2) is 30.4 Å². The Morgan fingerprint density at radius 1 is 1.03 bits per heavy atom. The van der Waals surface area contributed by atoms with Crippen molar-refractivity contribution in [2.75, 3.05) is 6.61 Å². The van der Waals surface area contributed by atoms with Gasteiger partial charge >= 0.3 is 5.97 Å². The SMILES string of the molecule is CC(C)(C)c1ccc(CN(Cc2cccc(OCC(=O)O)c2)S(=O)(=O)c2ccc[n+]([O-])c2)cc1. The lowest BCUT2D eigenvalue weighted by molar-refractivity contribution is -0.607. The van der Waals surface area contributed by atoms with Crippen molar-refractivity contribution in [3.63, 3.8) is 0 Å². The number of pyridine rings is 1. The Balaban J connectivity index is 1.94. The van der Waals surface area contributed by atoms with Gasteiger partial charge in [-0.2, -0.15) is 9.04 Å². The molecular formula is C25H28N2O6S. The normalized spacial score (nSPS) is 12.0. The number of sulfonamides is 1. The predicted octanol–water partition coefficient (Wildman–Crippen LogP) is 3.47. The molecule has 0 aliphatic rings. The minimum Gasteiger partial charge on any atom is -0.619 e. The molecule has 3 aromatic rings. The lowest BCUT2D eigenvalue weighted by Gasteiger charge is -2.23. The molecule has 8 nitrogen and oxygen atoms in total. The van der Waals surface area contributed by atoms with E-state index in [1.807, 2.05) is 24.3 Å². The fourth-order valence-electron chi connectivity index (χ4n) is 3.36. The molecule has 0 spiro atoms. The molecule has 3 rings (SSSR count). The summed E-state index contributed by atoms with van der Waals surface area (Å²) in [6.07, 6.45) is 2.25. The summed E-state index contributed by atoms with van der Waals surface area (Å²) < 4.78 is 33.9. The van der Waals surface area contributed by atoms with Gasteiger partial charge in [-0.05, 0) is 40.3 Å². The van der Waals surface area contributed by atoms with Gasteiger partial charge in [-0.15, -0.1) is 0 Å². The molecule has 0 saturated heterocycles. The van der Waals surface area contributed by atoms with Crippen LogP contribution in [0.4, 0.5) is 0 Å². The highest BCUT2D eigenvalue weighted by Crippen LogP contribution is 2.25. The van der Waals surface area contributed by atoms with Crippen LogP contribution in [-0.2, 0) is 33.3 Å². The summed E-state index contributed by atoms with van der Waals surface area (Å²) in [4.78, 5) is 10.7. The first-order valence-electron chi connectivity index (χ1n) is 10.7. The fraction of sp³-hybridized carbons (Fsp3) is 0.280. The number of ether oxygens (including phenoxy) is 1. The topological polar surface area (TPSA) is 111 Å². The summed E-state index contributed by atoms with van der Waals surface area (Å²) >= 11 is 0. The molecule has 0 aliphatic carbocycles. The molecule has 180 valence electrons. The molecule has 0 atom stereocenters. The molecule has 34 heavy (non-hydrogen) atoms. The first-order chi connectivity index (χ1) is 15.9. The third-order valence-electron chi connectivity index (χ3n) is 5.18. The molecule has 0 saturated carbocycles. The van der Waals surface area contributed by atoms with Crippen molar-refractivity contribution in [2.45, 2.75) is 44.2 Å². The van der Waals surface area contributed by atoms with Crippen LogP contribution in [0, 0.1) is 5.21 Å². The zero-order valence-corrected chi connectivity index (χ0v) is 20.2. The molecule has 0 fully saturated rings. The largest absolute Gasteiger partial charge is 0.619 e. The first kappa shape index (κ1) is 25.2. The molecule has 1 heterocycles. The number of carboxylic acids is 1. The molecule has 1 aromatic heterocycles. The van der Waals surface area contributed by atoms with Crippen LogP contribution in [0.1, 0.15) is 37.5 Å². The molecule has 2 aromatic carbocycles. The highest BCUT2D eigenvalue weighted by Gasteiger charge is 2.27. The Bertz CT molecular complexity index is 1250. The summed E-state index contributed by atoms with van der Waals surface area (Å²) in [6, 6.07) is 17.1. The number of aliphatic carboxylic acids is 1. The number of rotatable bonds is 9. The van der Waals surface area contributed by atoms with Crippen LogP contribution in [0.2, 0.25) is 0 Å². The van der Waals surface area contributed by atoms with Crippen LogP contribution >= 0.6 is 0 Å². The van der Waals surface area contributed by atoms with Crippen molar-refractivity contribution < 1.29 is 27.8 Å². The monoisotopic (exact) mass is 484 g/mol. The molecule has 0 unspecified atom stereocenters. The number of aromatic nitrogens is 1. The molecule has 0 bridgehead atoms. The van der Waals surface area contributed by atoms with E-state index < -0.39 is 22.6 Å². The van der Waals surface area contributed by atoms with Gasteiger partial charge in [0.2, 0.25) is 10.0 Å². The number of nitrogens with zero attached hydrogens (tertiary/aromatic N) is 2. The van der Waals surface area contributed by atoms with Crippen molar-refractivity contribution in [1.29, 1.82) is 0 Å². The van der Waals surface area contributed by atoms with Crippen LogP contribution in [0.3, 0.4) is 0 Å². The Hall–Kier alpha value is -3.43. The summed E-state index contributed by atoms with van der Waals surface area (Å²) in [7, 11) is -4.02. The molecule has 0 amide bonds. The van der Waals surface area contributed by atoms with E-state index in [9.17, 15) is 18.4 Å². The van der Waals surface area contributed by atoms with Gasteiger partial charge in [0.1, 0.15) is 10.6 Å². The first-order valence-corrected chi connectivity index (χ1v) is 12.1. The van der Waals surface area contributed by atoms with Crippen molar-refractivity contribution in [3.05, 3.63) is 95.0 Å². The number of benzene rings is 2. The minimum atomic E-state index is -4.02. The second-order valence-corrected chi connectivity index (χ2v) is 10.9. The van der Waals surface area contributed by atoms with E-state index in [1.165, 1.54) is 22.6 Å². The van der Waals surface area contributed by atoms with Crippen LogP contribution < -0.4 is 9.47 Å². The lowest BCUT2D eigenvalue weighted by Crippen LogP contribution is -2.33. The van der Waals surface area contributed by atoms with Crippen LogP contribution in [0.5, 0.6) is 5.75 Å². The number of hydrogen-bond donors (Lipinski definition) is 1. The van der Waals surface area contributed by atoms with E-state index in [1.54, 1.807) is 24.3 Å². The van der Waals surface area contributed by atoms with Crippen LogP contribution in [0.25, 0.3) is 0 Å². The van der Waals surface area contributed by atoms with Crippen LogP contribution in [0.15, 0.2) is 78.0 Å². The van der Waals surface area contributed by atoms with Gasteiger partial charge in [-0.3, -0.25) is 0 Å². The van der Waals surface area contributed by atoms with Gasteiger partial charge in [0.25, 0.3) is 0 Å². The zero-order valence-electron chi connectivity index (χ0n) is 19.3. The van der Waals surface area contributed by atoms with Crippen molar-refractivity contribution in [2.24, 2.45) is 0 Å². The average molecular weight is 485 g/mol. The quantitative estimate of drug-likeness (QED) is 0.368. The van der Waals surface area contributed by atoms with Gasteiger partial charge < -0.3 is 15.1 Å². The zero-order chi connectivity index (χ0) is 24.9. The number of hydrogen-bond acceptors (Lipinski definition) is 5. The Morgan fingerprint density at radius 2 is 1.71 bits per heavy atom. The van der Waals surface area contributed by atoms with Gasteiger partial charge in [-0.1, -0.05) is 57.2 Å². The minimum absolute atomic E-state index is 0.00137. The molecular weight excluding hydrogens is 456 g/mol. The molecule has 0 radical (unpaired) electrons. The third kappa shape index (κ3) is 6.55. The number of carbonyl (C=O) groups is 1. The highest BCUT2D eigenvalue weighted by atomic mass is 32.2. The van der Waals surface area contributed by atoms with E-state index in [2.05, 4.69) is 20.8 Å². The third-order valence-corrected chi connectivity index (χ3v) is 6.96. The Kier molecular flexibility index (Phi) is 7.58. The summed E-state index contributed by atoms with van der Waals surface area (Å²) in [5.74, 6) is -0.785. The molecule has 9 heteroatoms. The van der Waals surface area contributed by atoms with E-state index in [0.29, 0.717) is 16.0 Å². The van der Waals surface area contributed by atoms with Crippen molar-refractivity contribution in [3.8, 4) is 5.75 Å². The maximum atomic E-state index is 13.5. The lowest BCUT2D eigenvalue weighted by atomic mass is 9.87. The van der Waals surface area contributed by atoms with E-state index >= 15 is 0 Å². The standard InChI is InChI=1S/C25H28N2O6S/c1-25(2,3)21-11-9-19(10-12-21)15-27(34(31,32)23-8-5-13-26(30)17-23)16-20-6-4-7-22(14-20)33-18-24(28)29/h4-14,17H,15-16,18H2,1-3H3,(H,28,29). The van der Waals surface area contributed by atoms with Crippen molar-refractivity contribution in [1.82, 2.24) is 4.31 Å². The van der Waals surface area contributed by atoms with Crippen molar-refractivity contribution >= 4 is 16.0 Å². The van der Waals surface area contributed by atoms with Gasteiger partial charge in [0.05, 0.1) is 0 Å². The van der Waals surface area contributed by atoms with Gasteiger partial charge in [0.15, 0.2) is 19.0 Å². The predicted molar refractivity (Wildman–Crippen MR) is 127 cm³/mol. The summed E-state index contributed by atoms with van der Waals surface area (Å²) in [5, 5.41) is 20.6. The van der Waals surface area contributed by atoms with Gasteiger partial charge in [0, 0.05) is 19.2 Å². The Morgan fingerprint density at radius 3 is 2.32 bits per heavy atom.